The number of carbonyl (C=O) groups excluding carboxylic acids is 3. The summed E-state index contributed by atoms with van der Waals surface area (Å²) in [6.07, 6.45) is 0. The first-order valence-corrected chi connectivity index (χ1v) is 10.7. The molecular weight excluding hydrogens is 462 g/mol. The summed E-state index contributed by atoms with van der Waals surface area (Å²) in [6, 6.07) is 10.5. The third-order valence-electron chi connectivity index (χ3n) is 5.80. The molecule has 4 rings (SSSR count). The lowest BCUT2D eigenvalue weighted by molar-refractivity contribution is -0.143. The molecule has 1 aliphatic carbocycles. The smallest absolute Gasteiger partial charge is 0.343 e. The zero-order valence-electron chi connectivity index (χ0n) is 19.0. The fraction of sp³-hybridized carbons (Fsp3) is 0.240. The zero-order valence-corrected chi connectivity index (χ0v) is 19.7. The summed E-state index contributed by atoms with van der Waals surface area (Å²) in [4.78, 5) is 37.9. The summed E-state index contributed by atoms with van der Waals surface area (Å²) in [5, 5.41) is 3.36. The van der Waals surface area contributed by atoms with E-state index in [4.69, 9.17) is 25.8 Å². The Kier molecular flexibility index (Phi) is 6.34. The van der Waals surface area contributed by atoms with Gasteiger partial charge in [-0.2, -0.15) is 0 Å². The highest BCUT2D eigenvalue weighted by atomic mass is 35.5. The van der Waals surface area contributed by atoms with E-state index in [0.717, 1.165) is 5.56 Å². The highest BCUT2D eigenvalue weighted by Gasteiger charge is 2.43. The molecule has 34 heavy (non-hydrogen) atoms. The maximum Gasteiger partial charge on any atom is 0.343 e. The SMILES string of the molecule is COC(=O)COc1c(Cl)cc([C@H]2C(C(=O)OC)=C(C)NC3=C2C(=O)c2ccccc23)cc1OC. The van der Waals surface area contributed by atoms with Crippen LogP contribution >= 0.6 is 11.6 Å². The van der Waals surface area contributed by atoms with Crippen molar-refractivity contribution in [3.8, 4) is 11.5 Å². The van der Waals surface area contributed by atoms with E-state index in [9.17, 15) is 14.4 Å². The van der Waals surface area contributed by atoms with Gasteiger partial charge in [-0.05, 0) is 24.6 Å². The molecule has 0 amide bonds. The normalized spacial score (nSPS) is 16.5. The van der Waals surface area contributed by atoms with Crippen LogP contribution in [-0.2, 0) is 19.1 Å². The second-order valence-electron chi connectivity index (χ2n) is 7.65. The largest absolute Gasteiger partial charge is 0.493 e. The van der Waals surface area contributed by atoms with Crippen LogP contribution in [0.15, 0.2) is 53.2 Å². The number of hydrogen-bond acceptors (Lipinski definition) is 8. The fourth-order valence-electron chi connectivity index (χ4n) is 4.28. The van der Waals surface area contributed by atoms with Gasteiger partial charge in [0.05, 0.1) is 37.6 Å². The number of benzene rings is 2. The fourth-order valence-corrected chi connectivity index (χ4v) is 4.55. The quantitative estimate of drug-likeness (QED) is 0.621. The first-order valence-electron chi connectivity index (χ1n) is 10.3. The molecule has 2 aromatic carbocycles. The molecule has 0 fully saturated rings. The van der Waals surface area contributed by atoms with E-state index in [1.54, 1.807) is 31.2 Å². The zero-order chi connectivity index (χ0) is 24.6. The Morgan fingerprint density at radius 3 is 2.41 bits per heavy atom. The number of hydrogen-bond donors (Lipinski definition) is 1. The van der Waals surface area contributed by atoms with Crippen LogP contribution in [0.3, 0.4) is 0 Å². The molecule has 0 saturated heterocycles. The van der Waals surface area contributed by atoms with E-state index >= 15 is 0 Å². The third-order valence-corrected chi connectivity index (χ3v) is 6.08. The van der Waals surface area contributed by atoms with Crippen LogP contribution < -0.4 is 14.8 Å². The number of allylic oxidation sites excluding steroid dienone is 2. The highest BCUT2D eigenvalue weighted by Crippen LogP contribution is 2.49. The maximum atomic E-state index is 13.5. The van der Waals surface area contributed by atoms with Gasteiger partial charge >= 0.3 is 11.9 Å². The lowest BCUT2D eigenvalue weighted by atomic mass is 9.79. The number of halogens is 1. The lowest BCUT2D eigenvalue weighted by Crippen LogP contribution is -2.29. The van der Waals surface area contributed by atoms with Crippen LogP contribution in [0, 0.1) is 0 Å². The van der Waals surface area contributed by atoms with Gasteiger partial charge in [0.25, 0.3) is 0 Å². The topological polar surface area (TPSA) is 100 Å². The highest BCUT2D eigenvalue weighted by molar-refractivity contribution is 6.32. The summed E-state index contributed by atoms with van der Waals surface area (Å²) in [6.45, 7) is 1.38. The predicted molar refractivity (Wildman–Crippen MR) is 124 cm³/mol. The summed E-state index contributed by atoms with van der Waals surface area (Å²) < 4.78 is 20.6. The second kappa shape index (κ2) is 9.23. The molecule has 0 aromatic heterocycles. The van der Waals surface area contributed by atoms with Gasteiger partial charge in [-0.1, -0.05) is 35.9 Å². The van der Waals surface area contributed by atoms with Crippen molar-refractivity contribution < 1.29 is 33.3 Å². The van der Waals surface area contributed by atoms with Crippen LogP contribution in [0.1, 0.15) is 34.3 Å². The van der Waals surface area contributed by atoms with E-state index in [1.807, 2.05) is 12.1 Å². The van der Waals surface area contributed by atoms with Crippen LogP contribution in [0.4, 0.5) is 0 Å². The first kappa shape index (κ1) is 23.4. The Morgan fingerprint density at radius 1 is 1.06 bits per heavy atom. The van der Waals surface area contributed by atoms with Gasteiger partial charge in [0.1, 0.15) is 0 Å². The van der Waals surface area contributed by atoms with E-state index in [-0.39, 0.29) is 34.5 Å². The van der Waals surface area contributed by atoms with Crippen molar-refractivity contribution in [3.05, 3.63) is 75.0 Å². The Hall–Kier alpha value is -3.78. The molecule has 1 N–H and O–H groups in total. The van der Waals surface area contributed by atoms with Crippen LogP contribution in [0.25, 0.3) is 5.70 Å². The van der Waals surface area contributed by atoms with Crippen LogP contribution in [-0.4, -0.2) is 45.7 Å². The molecule has 0 unspecified atom stereocenters. The second-order valence-corrected chi connectivity index (χ2v) is 8.06. The molecule has 8 nitrogen and oxygen atoms in total. The van der Waals surface area contributed by atoms with Crippen molar-refractivity contribution in [3.63, 3.8) is 0 Å². The van der Waals surface area contributed by atoms with Crippen molar-refractivity contribution in [2.24, 2.45) is 0 Å². The molecular formula is C25H22ClNO7. The van der Waals surface area contributed by atoms with Gasteiger partial charge in [0.15, 0.2) is 23.9 Å². The number of fused-ring (bicyclic) bond motifs is 2. The van der Waals surface area contributed by atoms with E-state index in [0.29, 0.717) is 28.1 Å². The Morgan fingerprint density at radius 2 is 1.76 bits per heavy atom. The van der Waals surface area contributed by atoms with Crippen molar-refractivity contribution in [1.29, 1.82) is 0 Å². The third kappa shape index (κ3) is 3.80. The van der Waals surface area contributed by atoms with E-state index in [2.05, 4.69) is 10.1 Å². The number of dihydropyridines is 1. The molecule has 1 heterocycles. The van der Waals surface area contributed by atoms with Crippen molar-refractivity contribution in [2.45, 2.75) is 12.8 Å². The number of esters is 2. The average Bonchev–Trinajstić information content (AvgIpc) is 3.12. The van der Waals surface area contributed by atoms with E-state index < -0.39 is 17.9 Å². The van der Waals surface area contributed by atoms with Crippen molar-refractivity contribution >= 4 is 35.0 Å². The predicted octanol–water partition coefficient (Wildman–Crippen LogP) is 3.64. The summed E-state index contributed by atoms with van der Waals surface area (Å²) in [5.41, 5.74) is 3.71. The van der Waals surface area contributed by atoms with Crippen molar-refractivity contribution in [1.82, 2.24) is 5.32 Å². The Labute approximate surface area is 201 Å². The lowest BCUT2D eigenvalue weighted by Gasteiger charge is -2.29. The Balaban J connectivity index is 1.88. The van der Waals surface area contributed by atoms with Gasteiger partial charge in [0, 0.05) is 28.3 Å². The molecule has 0 saturated carbocycles. The summed E-state index contributed by atoms with van der Waals surface area (Å²) in [7, 11) is 3.95. The minimum atomic E-state index is -0.773. The molecule has 1 atom stereocenters. The van der Waals surface area contributed by atoms with Gasteiger partial charge in [-0.3, -0.25) is 4.79 Å². The Bertz CT molecular complexity index is 1280. The summed E-state index contributed by atoms with van der Waals surface area (Å²) >= 11 is 6.52. The molecule has 0 radical (unpaired) electrons. The minimum absolute atomic E-state index is 0.141. The molecule has 2 aliphatic rings. The van der Waals surface area contributed by atoms with Crippen molar-refractivity contribution in [2.75, 3.05) is 27.9 Å². The number of Topliss-reactive ketones (excluding diaryl/α,β-unsaturated/α-hetero) is 1. The first-order chi connectivity index (χ1) is 16.3. The van der Waals surface area contributed by atoms with Gasteiger partial charge in [-0.15, -0.1) is 0 Å². The molecule has 176 valence electrons. The molecule has 0 bridgehead atoms. The van der Waals surface area contributed by atoms with Crippen LogP contribution in [0.5, 0.6) is 11.5 Å². The number of nitrogens with one attached hydrogen (secondary N) is 1. The molecule has 9 heteroatoms. The number of carbonyl (C=O) groups is 3. The maximum absolute atomic E-state index is 13.5. The number of ketones is 1. The monoisotopic (exact) mass is 483 g/mol. The van der Waals surface area contributed by atoms with Gasteiger partial charge in [0.2, 0.25) is 0 Å². The number of ether oxygens (including phenoxy) is 4. The minimum Gasteiger partial charge on any atom is -0.493 e. The van der Waals surface area contributed by atoms with Gasteiger partial charge in [-0.25, -0.2) is 9.59 Å². The number of methoxy groups -OCH3 is 3. The molecule has 2 aromatic rings. The number of rotatable bonds is 6. The van der Waals surface area contributed by atoms with Crippen LogP contribution in [0.2, 0.25) is 5.02 Å². The average molecular weight is 484 g/mol. The molecule has 0 spiro atoms. The molecule has 1 aliphatic heterocycles. The standard InChI is InChI=1S/C25H22ClNO7/c1-12-19(25(30)33-4)20(21-22(27-12)14-7-5-6-8-15(14)23(21)29)13-9-16(26)24(17(10-13)31-2)34-11-18(28)32-3/h5-10,20,27H,11H2,1-4H3/t20-/m0/s1. The van der Waals surface area contributed by atoms with Gasteiger partial charge < -0.3 is 24.3 Å². The summed E-state index contributed by atoms with van der Waals surface area (Å²) in [5.74, 6) is -1.76. The van der Waals surface area contributed by atoms with E-state index in [1.165, 1.54) is 21.3 Å².